The van der Waals surface area contributed by atoms with Crippen molar-refractivity contribution in [3.63, 3.8) is 0 Å². The highest BCUT2D eigenvalue weighted by Crippen LogP contribution is 2.63. The Morgan fingerprint density at radius 3 is 2.35 bits per heavy atom. The molecule has 0 radical (unpaired) electrons. The first-order chi connectivity index (χ1) is 11.1. The normalized spacial score (nSPS) is 28.1. The molecule has 0 unspecified atom stereocenters. The second kappa shape index (κ2) is 7.03. The van der Waals surface area contributed by atoms with Crippen LogP contribution in [0.5, 0.6) is 0 Å². The van der Waals surface area contributed by atoms with Gasteiger partial charge in [0.2, 0.25) is 0 Å². The molecule has 0 aromatic heterocycles. The van der Waals surface area contributed by atoms with Crippen LogP contribution in [-0.4, -0.2) is 22.8 Å². The fraction of sp³-hybridized carbons (Fsp3) is 0.294. The highest BCUT2D eigenvalue weighted by molar-refractivity contribution is 14.1. The van der Waals surface area contributed by atoms with Gasteiger partial charge in [0.15, 0.2) is 0 Å². The molecule has 0 spiro atoms. The van der Waals surface area contributed by atoms with Gasteiger partial charge in [-0.15, -0.1) is 0 Å². The lowest BCUT2D eigenvalue weighted by Crippen LogP contribution is -2.33. The fourth-order valence-corrected chi connectivity index (χ4v) is 5.72. The van der Waals surface area contributed by atoms with E-state index in [1.54, 1.807) is 0 Å². The molecule has 0 amide bonds. The molecule has 0 saturated carbocycles. The molecule has 1 aliphatic heterocycles. The van der Waals surface area contributed by atoms with Gasteiger partial charge in [-0.25, -0.2) is 9.24 Å². The minimum absolute atomic E-state index is 0.539. The molecule has 6 heteroatoms. The lowest BCUT2D eigenvalue weighted by molar-refractivity contribution is 0.112. The van der Waals surface area contributed by atoms with Crippen LogP contribution in [0.2, 0.25) is 0 Å². The number of nitrogens with zero attached hydrogens (tertiary/aromatic N) is 1. The van der Waals surface area contributed by atoms with Crippen molar-refractivity contribution < 1.29 is 13.6 Å². The summed E-state index contributed by atoms with van der Waals surface area (Å²) in [5.41, 5.74) is 1.51. The van der Waals surface area contributed by atoms with E-state index in [1.165, 1.54) is 7.11 Å². The van der Waals surface area contributed by atoms with Crippen LogP contribution in [0.3, 0.4) is 0 Å². The quantitative estimate of drug-likeness (QED) is 0.385. The Kier molecular flexibility index (Phi) is 5.23. The molecule has 4 nitrogen and oxygen atoms in total. The van der Waals surface area contributed by atoms with E-state index in [9.17, 15) is 4.57 Å². The van der Waals surface area contributed by atoms with Crippen LogP contribution in [0.1, 0.15) is 11.1 Å². The molecule has 0 N–H and O–H groups in total. The fourth-order valence-electron chi connectivity index (χ4n) is 2.81. The standard InChI is InChI=1S/C17H19INO3P/c1-21-23(20)19(12-15-8-4-2-5-9-15)14-17(13-18,22-23)16-10-6-3-7-11-16/h2-11H,12-14H2,1H3/t17-,23-/m1/s1. The summed E-state index contributed by atoms with van der Waals surface area (Å²) in [6.45, 7) is 1.08. The van der Waals surface area contributed by atoms with E-state index >= 15 is 0 Å². The predicted molar refractivity (Wildman–Crippen MR) is 99.6 cm³/mol. The van der Waals surface area contributed by atoms with Gasteiger partial charge < -0.3 is 0 Å². The molecular formula is C17H19INO3P. The SMILES string of the molecule is CO[P@@]1(=O)O[C@@](CI)(c2ccccc2)CN1Cc1ccccc1. The molecule has 2 aromatic carbocycles. The van der Waals surface area contributed by atoms with Crippen LogP contribution in [0.15, 0.2) is 60.7 Å². The van der Waals surface area contributed by atoms with Gasteiger partial charge in [-0.1, -0.05) is 83.3 Å². The van der Waals surface area contributed by atoms with Crippen LogP contribution < -0.4 is 0 Å². The van der Waals surface area contributed by atoms with Gasteiger partial charge in [-0.05, 0) is 11.1 Å². The van der Waals surface area contributed by atoms with Gasteiger partial charge in [-0.3, -0.25) is 9.05 Å². The Morgan fingerprint density at radius 2 is 1.78 bits per heavy atom. The van der Waals surface area contributed by atoms with E-state index in [-0.39, 0.29) is 0 Å². The topological polar surface area (TPSA) is 38.8 Å². The maximum Gasteiger partial charge on any atom is 0.409 e. The lowest BCUT2D eigenvalue weighted by atomic mass is 9.96. The summed E-state index contributed by atoms with van der Waals surface area (Å²) in [6.07, 6.45) is 0. The Bertz CT molecular complexity index is 697. The highest BCUT2D eigenvalue weighted by atomic mass is 127. The molecule has 2 atom stereocenters. The smallest absolute Gasteiger partial charge is 0.300 e. The molecule has 122 valence electrons. The van der Waals surface area contributed by atoms with E-state index in [0.717, 1.165) is 11.1 Å². The molecule has 23 heavy (non-hydrogen) atoms. The predicted octanol–water partition coefficient (Wildman–Crippen LogP) is 4.60. The van der Waals surface area contributed by atoms with Crippen molar-refractivity contribution in [3.8, 4) is 0 Å². The largest absolute Gasteiger partial charge is 0.409 e. The zero-order valence-electron chi connectivity index (χ0n) is 12.9. The Balaban J connectivity index is 1.93. The van der Waals surface area contributed by atoms with E-state index in [0.29, 0.717) is 17.5 Å². The zero-order chi connectivity index (χ0) is 16.3. The summed E-state index contributed by atoms with van der Waals surface area (Å²) in [4.78, 5) is 0. The molecule has 0 aliphatic carbocycles. The molecule has 3 rings (SSSR count). The van der Waals surface area contributed by atoms with E-state index in [2.05, 4.69) is 22.6 Å². The maximum atomic E-state index is 13.1. The number of alkyl halides is 1. The van der Waals surface area contributed by atoms with Crippen molar-refractivity contribution in [1.82, 2.24) is 4.67 Å². The molecule has 1 heterocycles. The number of hydrogen-bond acceptors (Lipinski definition) is 3. The molecular weight excluding hydrogens is 424 g/mol. The van der Waals surface area contributed by atoms with E-state index < -0.39 is 13.3 Å². The highest BCUT2D eigenvalue weighted by Gasteiger charge is 2.53. The van der Waals surface area contributed by atoms with Gasteiger partial charge >= 0.3 is 7.75 Å². The molecule has 1 saturated heterocycles. The lowest BCUT2D eigenvalue weighted by Gasteiger charge is -2.25. The third-order valence-electron chi connectivity index (χ3n) is 4.03. The Morgan fingerprint density at radius 1 is 1.17 bits per heavy atom. The van der Waals surface area contributed by atoms with Gasteiger partial charge in [0.05, 0.1) is 0 Å². The number of halogens is 1. The number of benzene rings is 2. The Hall–Kier alpha value is -0.720. The first kappa shape index (κ1) is 17.1. The summed E-state index contributed by atoms with van der Waals surface area (Å²) in [5, 5.41) is 0. The first-order valence-corrected chi connectivity index (χ1v) is 10.4. The monoisotopic (exact) mass is 443 g/mol. The minimum atomic E-state index is -3.30. The average molecular weight is 443 g/mol. The van der Waals surface area contributed by atoms with Crippen molar-refractivity contribution in [2.24, 2.45) is 0 Å². The minimum Gasteiger partial charge on any atom is -0.300 e. The summed E-state index contributed by atoms with van der Waals surface area (Å²) < 4.78 is 27.0. The average Bonchev–Trinajstić information content (AvgIpc) is 2.91. The van der Waals surface area contributed by atoms with Crippen molar-refractivity contribution in [1.29, 1.82) is 0 Å². The van der Waals surface area contributed by atoms with E-state index in [4.69, 9.17) is 9.05 Å². The Labute approximate surface area is 150 Å². The zero-order valence-corrected chi connectivity index (χ0v) is 15.9. The second-order valence-corrected chi connectivity index (χ2v) is 8.36. The van der Waals surface area contributed by atoms with Gasteiger partial charge in [0.25, 0.3) is 0 Å². The van der Waals surface area contributed by atoms with Crippen LogP contribution in [0.4, 0.5) is 0 Å². The number of hydrogen-bond donors (Lipinski definition) is 0. The van der Waals surface area contributed by atoms with Crippen molar-refractivity contribution in [2.75, 3.05) is 18.1 Å². The first-order valence-electron chi connectivity index (χ1n) is 7.39. The third kappa shape index (κ3) is 3.39. The summed E-state index contributed by atoms with van der Waals surface area (Å²) in [5.74, 6) is 0. The summed E-state index contributed by atoms with van der Waals surface area (Å²) >= 11 is 2.29. The van der Waals surface area contributed by atoms with Gasteiger partial charge in [-0.2, -0.15) is 0 Å². The second-order valence-electron chi connectivity index (χ2n) is 5.54. The number of rotatable bonds is 5. The van der Waals surface area contributed by atoms with Gasteiger partial charge in [0, 0.05) is 24.6 Å². The molecule has 2 aromatic rings. The van der Waals surface area contributed by atoms with Crippen LogP contribution in [0.25, 0.3) is 0 Å². The van der Waals surface area contributed by atoms with Crippen molar-refractivity contribution >= 4 is 30.3 Å². The molecule has 1 fully saturated rings. The summed E-state index contributed by atoms with van der Waals surface area (Å²) in [6, 6.07) is 19.9. The molecule has 0 bridgehead atoms. The molecule has 1 aliphatic rings. The van der Waals surface area contributed by atoms with Crippen LogP contribution in [0, 0.1) is 0 Å². The van der Waals surface area contributed by atoms with E-state index in [1.807, 2.05) is 65.3 Å². The van der Waals surface area contributed by atoms with Crippen molar-refractivity contribution in [3.05, 3.63) is 71.8 Å². The van der Waals surface area contributed by atoms with Crippen molar-refractivity contribution in [2.45, 2.75) is 12.1 Å². The van der Waals surface area contributed by atoms with Crippen LogP contribution >= 0.6 is 30.3 Å². The van der Waals surface area contributed by atoms with Gasteiger partial charge in [0.1, 0.15) is 5.60 Å². The third-order valence-corrected chi connectivity index (χ3v) is 7.28. The summed E-state index contributed by atoms with van der Waals surface area (Å²) in [7, 11) is -1.85. The van der Waals surface area contributed by atoms with Crippen LogP contribution in [-0.2, 0) is 25.8 Å². The maximum absolute atomic E-state index is 13.1.